The highest BCUT2D eigenvalue weighted by atomic mass is 15.4. The Balaban J connectivity index is 1.59. The van der Waals surface area contributed by atoms with Crippen molar-refractivity contribution in [3.8, 4) is 0 Å². The van der Waals surface area contributed by atoms with E-state index in [1.165, 1.54) is 22.3 Å². The molecule has 0 unspecified atom stereocenters. The normalized spacial score (nSPS) is 12.6. The Morgan fingerprint density at radius 2 is 1.44 bits per heavy atom. The van der Waals surface area contributed by atoms with Gasteiger partial charge < -0.3 is 4.98 Å². The van der Waals surface area contributed by atoms with Gasteiger partial charge in [0.1, 0.15) is 0 Å². The molecular formula is C21H16N4. The molecule has 1 aliphatic carbocycles. The largest absolute Gasteiger partial charge is 0.323 e. The van der Waals surface area contributed by atoms with Gasteiger partial charge in [0, 0.05) is 11.1 Å². The number of hydrazone groups is 1. The lowest BCUT2D eigenvalue weighted by atomic mass is 9.85. The predicted octanol–water partition coefficient (Wildman–Crippen LogP) is 4.33. The number of nitrogens with zero attached hydrogens (tertiary/aromatic N) is 2. The summed E-state index contributed by atoms with van der Waals surface area (Å²) in [5.74, 6) is 0.647. The quantitative estimate of drug-likeness (QED) is 0.475. The molecule has 25 heavy (non-hydrogen) atoms. The molecule has 120 valence electrons. The van der Waals surface area contributed by atoms with Crippen LogP contribution in [0.4, 0.5) is 5.95 Å². The van der Waals surface area contributed by atoms with Gasteiger partial charge in [-0.2, -0.15) is 5.10 Å². The van der Waals surface area contributed by atoms with E-state index in [0.717, 1.165) is 23.2 Å². The first kappa shape index (κ1) is 14.0. The van der Waals surface area contributed by atoms with Crippen molar-refractivity contribution >= 4 is 22.7 Å². The van der Waals surface area contributed by atoms with E-state index in [2.05, 4.69) is 63.9 Å². The number of nitrogens with one attached hydrogen (secondary N) is 2. The highest BCUT2D eigenvalue weighted by Crippen LogP contribution is 2.27. The number of aromatic nitrogens is 2. The molecular weight excluding hydrogens is 308 g/mol. The number of para-hydroxylation sites is 2. The van der Waals surface area contributed by atoms with Crippen LogP contribution >= 0.6 is 0 Å². The Morgan fingerprint density at radius 1 is 0.800 bits per heavy atom. The standard InChI is InChI=1S/C21H16N4/c1-3-9-16-14(7-1)13-15-8-2-4-10-17(15)20(16)24-25-21-22-18-11-5-6-12-19(18)23-21/h1-12H,13H2,(H2,22,23,25). The molecule has 3 aromatic carbocycles. The van der Waals surface area contributed by atoms with E-state index >= 15 is 0 Å². The first-order valence-electron chi connectivity index (χ1n) is 8.33. The molecule has 4 nitrogen and oxygen atoms in total. The first-order valence-corrected chi connectivity index (χ1v) is 8.33. The number of anilines is 1. The van der Waals surface area contributed by atoms with Crippen LogP contribution in [0.1, 0.15) is 22.3 Å². The molecule has 1 heterocycles. The highest BCUT2D eigenvalue weighted by molar-refractivity contribution is 6.16. The van der Waals surface area contributed by atoms with Crippen molar-refractivity contribution in [2.45, 2.75) is 6.42 Å². The van der Waals surface area contributed by atoms with Crippen LogP contribution < -0.4 is 5.43 Å². The van der Waals surface area contributed by atoms with Gasteiger partial charge in [-0.25, -0.2) is 10.4 Å². The number of hydrogen-bond acceptors (Lipinski definition) is 3. The summed E-state index contributed by atoms with van der Waals surface area (Å²) in [6, 6.07) is 24.8. The highest BCUT2D eigenvalue weighted by Gasteiger charge is 2.20. The molecule has 0 radical (unpaired) electrons. The van der Waals surface area contributed by atoms with Gasteiger partial charge in [-0.15, -0.1) is 0 Å². The Bertz CT molecular complexity index is 1030. The van der Waals surface area contributed by atoms with E-state index in [9.17, 15) is 0 Å². The fourth-order valence-corrected chi connectivity index (χ4v) is 3.40. The van der Waals surface area contributed by atoms with Gasteiger partial charge in [0.2, 0.25) is 5.95 Å². The van der Waals surface area contributed by atoms with Crippen LogP contribution in [0, 0.1) is 0 Å². The lowest BCUT2D eigenvalue weighted by Gasteiger charge is -2.21. The lowest BCUT2D eigenvalue weighted by molar-refractivity contribution is 1.13. The maximum atomic E-state index is 4.70. The van der Waals surface area contributed by atoms with Crippen molar-refractivity contribution in [3.05, 3.63) is 95.1 Å². The molecule has 0 saturated heterocycles. The van der Waals surface area contributed by atoms with Crippen LogP contribution in [-0.2, 0) is 6.42 Å². The molecule has 0 saturated carbocycles. The molecule has 5 rings (SSSR count). The summed E-state index contributed by atoms with van der Waals surface area (Å²) in [4.78, 5) is 7.79. The van der Waals surface area contributed by atoms with Gasteiger partial charge in [-0.3, -0.25) is 0 Å². The fraction of sp³-hybridized carbons (Fsp3) is 0.0476. The van der Waals surface area contributed by atoms with Crippen molar-refractivity contribution in [1.82, 2.24) is 9.97 Å². The van der Waals surface area contributed by atoms with Crippen molar-refractivity contribution in [2.75, 3.05) is 5.43 Å². The summed E-state index contributed by atoms with van der Waals surface area (Å²) < 4.78 is 0. The van der Waals surface area contributed by atoms with E-state index in [-0.39, 0.29) is 0 Å². The zero-order chi connectivity index (χ0) is 16.6. The zero-order valence-corrected chi connectivity index (χ0v) is 13.5. The molecule has 0 aliphatic heterocycles. The van der Waals surface area contributed by atoms with Crippen molar-refractivity contribution in [2.24, 2.45) is 5.10 Å². The van der Waals surface area contributed by atoms with E-state index in [0.29, 0.717) is 5.95 Å². The molecule has 0 fully saturated rings. The monoisotopic (exact) mass is 324 g/mol. The van der Waals surface area contributed by atoms with Crippen molar-refractivity contribution < 1.29 is 0 Å². The number of rotatable bonds is 2. The minimum absolute atomic E-state index is 0.647. The number of fused-ring (bicyclic) bond motifs is 3. The first-order chi connectivity index (χ1) is 12.4. The third-order valence-corrected chi connectivity index (χ3v) is 4.59. The fourth-order valence-electron chi connectivity index (χ4n) is 3.40. The van der Waals surface area contributed by atoms with E-state index in [1.54, 1.807) is 0 Å². The Labute approximate surface area is 145 Å². The molecule has 1 aromatic heterocycles. The third-order valence-electron chi connectivity index (χ3n) is 4.59. The summed E-state index contributed by atoms with van der Waals surface area (Å²) in [5.41, 5.74) is 10.9. The Kier molecular flexibility index (Phi) is 3.13. The average molecular weight is 324 g/mol. The number of hydrogen-bond donors (Lipinski definition) is 2. The minimum atomic E-state index is 0.647. The lowest BCUT2D eigenvalue weighted by Crippen LogP contribution is -2.17. The molecule has 1 aliphatic rings. The van der Waals surface area contributed by atoms with Crippen molar-refractivity contribution in [3.63, 3.8) is 0 Å². The molecule has 0 amide bonds. The van der Waals surface area contributed by atoms with Crippen LogP contribution in [0.2, 0.25) is 0 Å². The molecule has 4 aromatic rings. The van der Waals surface area contributed by atoms with Gasteiger partial charge in [-0.05, 0) is 29.7 Å². The summed E-state index contributed by atoms with van der Waals surface area (Å²) in [6.07, 6.45) is 0.940. The minimum Gasteiger partial charge on any atom is -0.323 e. The van der Waals surface area contributed by atoms with Crippen LogP contribution in [0.5, 0.6) is 0 Å². The van der Waals surface area contributed by atoms with Crippen LogP contribution in [0.15, 0.2) is 77.9 Å². The number of aromatic amines is 1. The molecule has 0 spiro atoms. The summed E-state index contributed by atoms with van der Waals surface area (Å²) >= 11 is 0. The second-order valence-corrected chi connectivity index (χ2v) is 6.17. The summed E-state index contributed by atoms with van der Waals surface area (Å²) in [5, 5.41) is 4.70. The van der Waals surface area contributed by atoms with Gasteiger partial charge in [-0.1, -0.05) is 60.7 Å². The molecule has 0 bridgehead atoms. The number of H-pyrrole nitrogens is 1. The second-order valence-electron chi connectivity index (χ2n) is 6.17. The van der Waals surface area contributed by atoms with Crippen LogP contribution in [0.3, 0.4) is 0 Å². The zero-order valence-electron chi connectivity index (χ0n) is 13.5. The Hall–Kier alpha value is -3.40. The second kappa shape index (κ2) is 5.60. The predicted molar refractivity (Wildman–Crippen MR) is 101 cm³/mol. The molecule has 0 atom stereocenters. The van der Waals surface area contributed by atoms with Gasteiger partial charge in [0.15, 0.2) is 0 Å². The average Bonchev–Trinajstić information content (AvgIpc) is 3.08. The van der Waals surface area contributed by atoms with Gasteiger partial charge in [0.05, 0.1) is 16.7 Å². The van der Waals surface area contributed by atoms with E-state index in [4.69, 9.17) is 5.10 Å². The number of benzene rings is 3. The van der Waals surface area contributed by atoms with Crippen LogP contribution in [-0.4, -0.2) is 15.7 Å². The molecule has 4 heteroatoms. The van der Waals surface area contributed by atoms with Gasteiger partial charge in [0.25, 0.3) is 0 Å². The topological polar surface area (TPSA) is 53.1 Å². The van der Waals surface area contributed by atoms with Gasteiger partial charge >= 0.3 is 0 Å². The van der Waals surface area contributed by atoms with E-state index < -0.39 is 0 Å². The maximum Gasteiger partial charge on any atom is 0.222 e. The SMILES string of the molecule is c1ccc2c(c1)Cc1ccccc1C2=NNc1nc2ccccc2[nH]1. The third kappa shape index (κ3) is 2.39. The Morgan fingerprint density at radius 3 is 2.16 bits per heavy atom. The van der Waals surface area contributed by atoms with Crippen LogP contribution in [0.25, 0.3) is 11.0 Å². The summed E-state index contributed by atoms with van der Waals surface area (Å²) in [6.45, 7) is 0. The van der Waals surface area contributed by atoms with E-state index in [1.807, 2.05) is 24.3 Å². The summed E-state index contributed by atoms with van der Waals surface area (Å²) in [7, 11) is 0. The molecule has 2 N–H and O–H groups in total. The number of imidazole rings is 1. The maximum absolute atomic E-state index is 4.70. The van der Waals surface area contributed by atoms with Crippen molar-refractivity contribution in [1.29, 1.82) is 0 Å². The smallest absolute Gasteiger partial charge is 0.222 e.